The lowest BCUT2D eigenvalue weighted by Crippen LogP contribution is -2.20. The Hall–Kier alpha value is -2.36. The number of hydrogen-bond donors (Lipinski definition) is 1. The summed E-state index contributed by atoms with van der Waals surface area (Å²) in [6.45, 7) is 0.709. The van der Waals surface area contributed by atoms with E-state index < -0.39 is 0 Å². The van der Waals surface area contributed by atoms with E-state index in [0.717, 1.165) is 29.4 Å². The van der Waals surface area contributed by atoms with E-state index in [2.05, 4.69) is 11.4 Å². The molecule has 2 aromatic rings. The zero-order valence-corrected chi connectivity index (χ0v) is 12.3. The van der Waals surface area contributed by atoms with Crippen LogP contribution in [0.15, 0.2) is 42.5 Å². The molecule has 110 valence electrons. The Morgan fingerprint density at radius 3 is 2.76 bits per heavy atom. The highest BCUT2D eigenvalue weighted by atomic mass is 16.5. The number of fused-ring (bicyclic) bond motifs is 1. The maximum atomic E-state index is 5.70. The number of hydrogen-bond acceptors (Lipinski definition) is 4. The molecule has 1 aliphatic heterocycles. The van der Waals surface area contributed by atoms with Crippen molar-refractivity contribution in [3.8, 4) is 17.2 Å². The number of nitrogens with one attached hydrogen (secondary N) is 1. The zero-order valence-electron chi connectivity index (χ0n) is 12.3. The van der Waals surface area contributed by atoms with Gasteiger partial charge in [0.25, 0.3) is 0 Å². The first-order valence-electron chi connectivity index (χ1n) is 7.02. The second kappa shape index (κ2) is 5.95. The van der Waals surface area contributed by atoms with Crippen molar-refractivity contribution in [3.05, 3.63) is 48.0 Å². The van der Waals surface area contributed by atoms with E-state index >= 15 is 0 Å². The van der Waals surface area contributed by atoms with Gasteiger partial charge in [0.15, 0.2) is 0 Å². The van der Waals surface area contributed by atoms with E-state index in [4.69, 9.17) is 14.2 Å². The van der Waals surface area contributed by atoms with Crippen LogP contribution in [0.3, 0.4) is 0 Å². The molecule has 0 fully saturated rings. The molecule has 0 saturated heterocycles. The van der Waals surface area contributed by atoms with Crippen LogP contribution in [0, 0.1) is 0 Å². The lowest BCUT2D eigenvalue weighted by Gasteiger charge is -2.28. The van der Waals surface area contributed by atoms with Crippen molar-refractivity contribution in [2.24, 2.45) is 0 Å². The number of rotatable bonds is 4. The second-order valence-corrected chi connectivity index (χ2v) is 4.94. The molecule has 3 rings (SSSR count). The Kier molecular flexibility index (Phi) is 3.86. The number of methoxy groups -OCH3 is 2. The van der Waals surface area contributed by atoms with Crippen LogP contribution in [-0.2, 0) is 0 Å². The monoisotopic (exact) mass is 285 g/mol. The van der Waals surface area contributed by atoms with Gasteiger partial charge in [0.1, 0.15) is 17.2 Å². The highest BCUT2D eigenvalue weighted by Crippen LogP contribution is 2.37. The summed E-state index contributed by atoms with van der Waals surface area (Å²) in [7, 11) is 3.33. The highest BCUT2D eigenvalue weighted by molar-refractivity contribution is 5.61. The molecule has 0 amide bonds. The first kappa shape index (κ1) is 13.6. The van der Waals surface area contributed by atoms with Crippen molar-refractivity contribution >= 4 is 5.69 Å². The maximum Gasteiger partial charge on any atom is 0.142 e. The van der Waals surface area contributed by atoms with Crippen LogP contribution in [0.4, 0.5) is 5.69 Å². The van der Waals surface area contributed by atoms with Crippen LogP contribution < -0.4 is 19.5 Å². The van der Waals surface area contributed by atoms with Crippen molar-refractivity contribution in [1.29, 1.82) is 0 Å². The largest absolute Gasteiger partial charge is 0.497 e. The molecular weight excluding hydrogens is 266 g/mol. The van der Waals surface area contributed by atoms with Crippen LogP contribution in [-0.4, -0.2) is 20.8 Å². The third-order valence-corrected chi connectivity index (χ3v) is 3.69. The molecule has 0 aromatic heterocycles. The summed E-state index contributed by atoms with van der Waals surface area (Å²) in [5.41, 5.74) is 2.10. The highest BCUT2D eigenvalue weighted by Gasteiger charge is 2.22. The molecule has 1 unspecified atom stereocenters. The summed E-state index contributed by atoms with van der Waals surface area (Å²) in [5, 5.41) is 3.55. The van der Waals surface area contributed by atoms with Gasteiger partial charge in [-0.2, -0.15) is 0 Å². The third kappa shape index (κ3) is 2.75. The van der Waals surface area contributed by atoms with Gasteiger partial charge in [-0.1, -0.05) is 18.2 Å². The zero-order chi connectivity index (χ0) is 14.7. The van der Waals surface area contributed by atoms with E-state index in [1.807, 2.05) is 36.4 Å². The second-order valence-electron chi connectivity index (χ2n) is 4.94. The number of para-hydroxylation sites is 1. The van der Waals surface area contributed by atoms with E-state index in [9.17, 15) is 0 Å². The standard InChI is InChI=1S/C17H19NO3/c1-19-12-7-8-17(20-2)15(11-12)18-14-9-10-21-16-6-4-3-5-13(14)16/h3-8,11,14,18H,9-10H2,1-2H3. The normalized spacial score (nSPS) is 16.6. The van der Waals surface area contributed by atoms with Crippen LogP contribution in [0.25, 0.3) is 0 Å². The molecule has 1 heterocycles. The Balaban J connectivity index is 1.90. The molecule has 0 spiro atoms. The van der Waals surface area contributed by atoms with Crippen molar-refractivity contribution in [2.75, 3.05) is 26.1 Å². The molecular formula is C17H19NO3. The van der Waals surface area contributed by atoms with Crippen molar-refractivity contribution in [2.45, 2.75) is 12.5 Å². The van der Waals surface area contributed by atoms with E-state index in [1.54, 1.807) is 14.2 Å². The first-order valence-corrected chi connectivity index (χ1v) is 7.02. The van der Waals surface area contributed by atoms with Gasteiger partial charge >= 0.3 is 0 Å². The summed E-state index contributed by atoms with van der Waals surface area (Å²) in [4.78, 5) is 0. The van der Waals surface area contributed by atoms with Gasteiger partial charge in [-0.15, -0.1) is 0 Å². The topological polar surface area (TPSA) is 39.7 Å². The minimum atomic E-state index is 0.205. The number of anilines is 1. The van der Waals surface area contributed by atoms with E-state index in [1.165, 1.54) is 5.56 Å². The van der Waals surface area contributed by atoms with Gasteiger partial charge in [0.05, 0.1) is 32.6 Å². The average molecular weight is 285 g/mol. The summed E-state index contributed by atoms with van der Waals surface area (Å²) in [6, 6.07) is 14.1. The van der Waals surface area contributed by atoms with Gasteiger partial charge in [-0.05, 0) is 18.2 Å². The summed E-state index contributed by atoms with van der Waals surface area (Å²) in [6.07, 6.45) is 0.914. The Labute approximate surface area is 124 Å². The molecule has 0 bridgehead atoms. The molecule has 0 saturated carbocycles. The Morgan fingerprint density at radius 2 is 1.95 bits per heavy atom. The minimum Gasteiger partial charge on any atom is -0.497 e. The van der Waals surface area contributed by atoms with E-state index in [0.29, 0.717) is 6.61 Å². The molecule has 0 aliphatic carbocycles. The van der Waals surface area contributed by atoms with Crippen molar-refractivity contribution in [3.63, 3.8) is 0 Å². The molecule has 1 aliphatic rings. The van der Waals surface area contributed by atoms with Gasteiger partial charge in [0.2, 0.25) is 0 Å². The molecule has 4 nitrogen and oxygen atoms in total. The average Bonchev–Trinajstić information content (AvgIpc) is 2.55. The number of benzene rings is 2. The first-order chi connectivity index (χ1) is 10.3. The molecule has 0 radical (unpaired) electrons. The fourth-order valence-corrected chi connectivity index (χ4v) is 2.61. The third-order valence-electron chi connectivity index (χ3n) is 3.69. The van der Waals surface area contributed by atoms with Gasteiger partial charge in [0, 0.05) is 18.1 Å². The maximum absolute atomic E-state index is 5.70. The van der Waals surface area contributed by atoms with Gasteiger partial charge < -0.3 is 19.5 Å². The summed E-state index contributed by atoms with van der Waals surface area (Å²) in [5.74, 6) is 2.56. The predicted octanol–water partition coefficient (Wildman–Crippen LogP) is 3.64. The van der Waals surface area contributed by atoms with Gasteiger partial charge in [-0.3, -0.25) is 0 Å². The van der Waals surface area contributed by atoms with Crippen LogP contribution >= 0.6 is 0 Å². The fraction of sp³-hybridized carbons (Fsp3) is 0.294. The van der Waals surface area contributed by atoms with Crippen LogP contribution in [0.5, 0.6) is 17.2 Å². The summed E-state index contributed by atoms with van der Waals surface area (Å²) >= 11 is 0. The van der Waals surface area contributed by atoms with Crippen LogP contribution in [0.1, 0.15) is 18.0 Å². The van der Waals surface area contributed by atoms with Gasteiger partial charge in [-0.25, -0.2) is 0 Å². The quantitative estimate of drug-likeness (QED) is 0.931. The van der Waals surface area contributed by atoms with E-state index in [-0.39, 0.29) is 6.04 Å². The Bertz CT molecular complexity index is 627. The smallest absolute Gasteiger partial charge is 0.142 e. The number of ether oxygens (including phenoxy) is 3. The minimum absolute atomic E-state index is 0.205. The van der Waals surface area contributed by atoms with Crippen molar-refractivity contribution < 1.29 is 14.2 Å². The molecule has 2 aromatic carbocycles. The summed E-state index contributed by atoms with van der Waals surface area (Å²) < 4.78 is 16.4. The molecule has 1 atom stereocenters. The predicted molar refractivity (Wildman–Crippen MR) is 82.5 cm³/mol. The molecule has 1 N–H and O–H groups in total. The molecule has 21 heavy (non-hydrogen) atoms. The Morgan fingerprint density at radius 1 is 1.10 bits per heavy atom. The lowest BCUT2D eigenvalue weighted by atomic mass is 10.00. The lowest BCUT2D eigenvalue weighted by molar-refractivity contribution is 0.274. The SMILES string of the molecule is COc1ccc(OC)c(NC2CCOc3ccccc32)c1. The van der Waals surface area contributed by atoms with Crippen LogP contribution in [0.2, 0.25) is 0 Å². The van der Waals surface area contributed by atoms with Crippen molar-refractivity contribution in [1.82, 2.24) is 0 Å². The molecule has 4 heteroatoms. The fourth-order valence-electron chi connectivity index (χ4n) is 2.61.